The molecule has 1 N–H and O–H groups in total. The molecule has 4 rings (SSSR count). The number of aryl methyl sites for hydroxylation is 1. The van der Waals surface area contributed by atoms with Gasteiger partial charge in [-0.2, -0.15) is 0 Å². The smallest absolute Gasteiger partial charge is 0.269 e. The van der Waals surface area contributed by atoms with E-state index < -0.39 is 0 Å². The molecule has 0 saturated carbocycles. The number of rotatable bonds is 5. The van der Waals surface area contributed by atoms with Gasteiger partial charge in [0.2, 0.25) is 0 Å². The van der Waals surface area contributed by atoms with Gasteiger partial charge in [-0.05, 0) is 32.9 Å². The van der Waals surface area contributed by atoms with Crippen LogP contribution in [0.1, 0.15) is 34.9 Å². The van der Waals surface area contributed by atoms with E-state index in [0.29, 0.717) is 15.7 Å². The number of anilines is 1. The van der Waals surface area contributed by atoms with Crippen LogP contribution in [-0.2, 0) is 11.3 Å². The largest absolute Gasteiger partial charge is 0.373 e. The first-order valence-corrected chi connectivity index (χ1v) is 11.2. The van der Waals surface area contributed by atoms with Crippen LogP contribution in [0.25, 0.3) is 10.7 Å². The highest BCUT2D eigenvalue weighted by atomic mass is 32.1. The highest BCUT2D eigenvalue weighted by Gasteiger charge is 2.23. The second kappa shape index (κ2) is 8.66. The molecule has 1 saturated heterocycles. The molecule has 0 unspecified atom stereocenters. The molecular weight excluding hydrogens is 406 g/mol. The summed E-state index contributed by atoms with van der Waals surface area (Å²) < 4.78 is 5.78. The van der Waals surface area contributed by atoms with E-state index in [0.717, 1.165) is 36.0 Å². The Bertz CT molecular complexity index is 978. The molecule has 4 heterocycles. The third kappa shape index (κ3) is 4.87. The summed E-state index contributed by atoms with van der Waals surface area (Å²) in [5, 5.41) is 6.26. The van der Waals surface area contributed by atoms with Crippen molar-refractivity contribution in [3.63, 3.8) is 0 Å². The number of pyridine rings is 1. The molecule has 9 heteroatoms. The third-order valence-electron chi connectivity index (χ3n) is 4.54. The van der Waals surface area contributed by atoms with Gasteiger partial charge in [0.15, 0.2) is 5.13 Å². The van der Waals surface area contributed by atoms with E-state index in [1.165, 1.54) is 22.7 Å². The lowest BCUT2D eigenvalue weighted by Crippen LogP contribution is -2.44. The summed E-state index contributed by atoms with van der Waals surface area (Å²) >= 11 is 2.79. The van der Waals surface area contributed by atoms with Gasteiger partial charge in [-0.15, -0.1) is 22.7 Å². The Morgan fingerprint density at radius 1 is 1.28 bits per heavy atom. The predicted octanol–water partition coefficient (Wildman–Crippen LogP) is 3.83. The van der Waals surface area contributed by atoms with Crippen molar-refractivity contribution in [2.24, 2.45) is 0 Å². The number of nitrogens with zero attached hydrogens (tertiary/aromatic N) is 4. The Morgan fingerprint density at radius 3 is 2.79 bits per heavy atom. The van der Waals surface area contributed by atoms with Gasteiger partial charge >= 0.3 is 0 Å². The molecule has 1 fully saturated rings. The monoisotopic (exact) mass is 429 g/mol. The Hall–Kier alpha value is -2.20. The van der Waals surface area contributed by atoms with Gasteiger partial charge in [0.05, 0.1) is 29.3 Å². The van der Waals surface area contributed by atoms with Crippen LogP contribution in [0.4, 0.5) is 5.13 Å². The molecule has 2 atom stereocenters. The summed E-state index contributed by atoms with van der Waals surface area (Å²) in [6.45, 7) is 8.55. The lowest BCUT2D eigenvalue weighted by molar-refractivity contribution is -0.0707. The lowest BCUT2D eigenvalue weighted by Gasteiger charge is -2.34. The summed E-state index contributed by atoms with van der Waals surface area (Å²) in [6.07, 6.45) is 2.16. The number of morpholine rings is 1. The van der Waals surface area contributed by atoms with Gasteiger partial charge in [0.1, 0.15) is 9.88 Å². The van der Waals surface area contributed by atoms with Crippen LogP contribution in [0.2, 0.25) is 0 Å². The number of carbonyl (C=O) groups is 1. The first-order valence-electron chi connectivity index (χ1n) is 9.50. The van der Waals surface area contributed by atoms with Crippen molar-refractivity contribution in [2.45, 2.75) is 39.5 Å². The minimum Gasteiger partial charge on any atom is -0.373 e. The fourth-order valence-corrected chi connectivity index (χ4v) is 5.07. The summed E-state index contributed by atoms with van der Waals surface area (Å²) in [4.78, 5) is 29.1. The highest BCUT2D eigenvalue weighted by molar-refractivity contribution is 7.17. The molecule has 3 aromatic heterocycles. The first kappa shape index (κ1) is 20.1. The van der Waals surface area contributed by atoms with Crippen molar-refractivity contribution in [1.29, 1.82) is 0 Å². The average Bonchev–Trinajstić information content (AvgIpc) is 3.28. The van der Waals surface area contributed by atoms with Crippen LogP contribution in [-0.4, -0.2) is 51.1 Å². The number of hydrogen-bond acceptors (Lipinski definition) is 8. The minimum atomic E-state index is -0.184. The molecule has 7 nitrogen and oxygen atoms in total. The normalized spacial score (nSPS) is 20.0. The molecular formula is C20H23N5O2S2. The van der Waals surface area contributed by atoms with Crippen LogP contribution < -0.4 is 5.32 Å². The van der Waals surface area contributed by atoms with Gasteiger partial charge in [-0.25, -0.2) is 9.97 Å². The van der Waals surface area contributed by atoms with Gasteiger partial charge < -0.3 is 4.74 Å². The molecule has 1 aliphatic heterocycles. The highest BCUT2D eigenvalue weighted by Crippen LogP contribution is 2.27. The van der Waals surface area contributed by atoms with Gasteiger partial charge in [-0.1, -0.05) is 6.07 Å². The zero-order valence-electron chi connectivity index (χ0n) is 16.6. The Labute approximate surface area is 177 Å². The number of nitrogens with one attached hydrogen (secondary N) is 1. The van der Waals surface area contributed by atoms with Crippen LogP contribution in [0.3, 0.4) is 0 Å². The van der Waals surface area contributed by atoms with E-state index >= 15 is 0 Å². The molecule has 0 aliphatic carbocycles. The fraction of sp³-hybridized carbons (Fsp3) is 0.400. The fourth-order valence-electron chi connectivity index (χ4n) is 3.44. The zero-order valence-corrected chi connectivity index (χ0v) is 18.2. The van der Waals surface area contributed by atoms with E-state index in [-0.39, 0.29) is 18.1 Å². The molecule has 0 bridgehead atoms. The second-order valence-electron chi connectivity index (χ2n) is 7.20. The van der Waals surface area contributed by atoms with Crippen molar-refractivity contribution in [3.05, 3.63) is 46.0 Å². The SMILES string of the molecule is Cc1nc(-c2ccccn2)sc1C(=O)Nc1nc(CN2C[C@H](C)O[C@@H](C)C2)cs1. The van der Waals surface area contributed by atoms with Crippen LogP contribution >= 0.6 is 22.7 Å². The van der Waals surface area contributed by atoms with Crippen LogP contribution in [0, 0.1) is 6.92 Å². The number of thiazole rings is 2. The Kier molecular flexibility index (Phi) is 6.00. The number of ether oxygens (including phenoxy) is 1. The minimum absolute atomic E-state index is 0.184. The Morgan fingerprint density at radius 2 is 2.07 bits per heavy atom. The number of amides is 1. The first-order chi connectivity index (χ1) is 14.0. The van der Waals surface area contributed by atoms with Gasteiger partial charge in [-0.3, -0.25) is 20.0 Å². The van der Waals surface area contributed by atoms with Crippen LogP contribution in [0.15, 0.2) is 29.8 Å². The van der Waals surface area contributed by atoms with E-state index in [2.05, 4.69) is 39.0 Å². The molecule has 0 radical (unpaired) electrons. The zero-order chi connectivity index (χ0) is 20.4. The summed E-state index contributed by atoms with van der Waals surface area (Å²) in [5.41, 5.74) is 2.42. The third-order valence-corrected chi connectivity index (χ3v) is 6.53. The predicted molar refractivity (Wildman–Crippen MR) is 115 cm³/mol. The van der Waals surface area contributed by atoms with E-state index in [9.17, 15) is 4.79 Å². The Balaban J connectivity index is 1.41. The topological polar surface area (TPSA) is 80.2 Å². The van der Waals surface area contributed by atoms with Crippen molar-refractivity contribution in [2.75, 3.05) is 18.4 Å². The second-order valence-corrected chi connectivity index (χ2v) is 9.06. The van der Waals surface area contributed by atoms with E-state index in [1.807, 2.05) is 30.5 Å². The molecule has 1 aliphatic rings. The van der Waals surface area contributed by atoms with Crippen LogP contribution in [0.5, 0.6) is 0 Å². The number of hydrogen-bond donors (Lipinski definition) is 1. The molecule has 29 heavy (non-hydrogen) atoms. The molecule has 3 aromatic rings. The molecule has 1 amide bonds. The summed E-state index contributed by atoms with van der Waals surface area (Å²) in [7, 11) is 0. The lowest BCUT2D eigenvalue weighted by atomic mass is 10.2. The van der Waals surface area contributed by atoms with Gasteiger partial charge in [0, 0.05) is 31.2 Å². The summed E-state index contributed by atoms with van der Waals surface area (Å²) in [5.74, 6) is -0.184. The maximum absolute atomic E-state index is 12.7. The number of aromatic nitrogens is 3. The van der Waals surface area contributed by atoms with E-state index in [1.54, 1.807) is 6.20 Å². The molecule has 0 spiro atoms. The number of carbonyl (C=O) groups excluding carboxylic acids is 1. The standard InChI is InChI=1S/C20H23N5O2S2/c1-12-8-25(9-13(2)27-12)10-15-11-28-20(23-15)24-18(26)17-14(3)22-19(29-17)16-6-4-5-7-21-16/h4-7,11-13H,8-10H2,1-3H3,(H,23,24,26)/t12-,13-/m0/s1. The average molecular weight is 430 g/mol. The maximum Gasteiger partial charge on any atom is 0.269 e. The van der Waals surface area contributed by atoms with E-state index in [4.69, 9.17) is 4.74 Å². The molecule has 0 aromatic carbocycles. The molecule has 152 valence electrons. The van der Waals surface area contributed by atoms with Gasteiger partial charge in [0.25, 0.3) is 5.91 Å². The maximum atomic E-state index is 12.7. The van der Waals surface area contributed by atoms with Crippen molar-refractivity contribution in [3.8, 4) is 10.7 Å². The van der Waals surface area contributed by atoms with Crippen molar-refractivity contribution >= 4 is 33.7 Å². The summed E-state index contributed by atoms with van der Waals surface area (Å²) in [6, 6.07) is 5.65. The van der Waals surface area contributed by atoms with Crippen molar-refractivity contribution < 1.29 is 9.53 Å². The quantitative estimate of drug-likeness (QED) is 0.664. The van der Waals surface area contributed by atoms with Crippen molar-refractivity contribution in [1.82, 2.24) is 19.9 Å².